The molecule has 2 aromatic rings. The summed E-state index contributed by atoms with van der Waals surface area (Å²) in [5.41, 5.74) is 2.51. The molecule has 0 saturated carbocycles. The first-order valence-corrected chi connectivity index (χ1v) is 7.00. The lowest BCUT2D eigenvalue weighted by Gasteiger charge is -2.10. The van der Waals surface area contributed by atoms with E-state index in [1.54, 1.807) is 12.1 Å². The van der Waals surface area contributed by atoms with Crippen LogP contribution in [0.25, 0.3) is 0 Å². The van der Waals surface area contributed by atoms with Gasteiger partial charge >= 0.3 is 0 Å². The van der Waals surface area contributed by atoms with Crippen molar-refractivity contribution < 1.29 is 4.74 Å². The fourth-order valence-corrected chi connectivity index (χ4v) is 2.38. The van der Waals surface area contributed by atoms with Crippen LogP contribution in [-0.4, -0.2) is 0 Å². The standard InChI is InChI=1S/C15H11BrClNO/c1-10-2-4-15(13(16)6-10)19-14-5-3-11(8-17)7-12(14)9-18/h2-7H,8H2,1H3. The molecular formula is C15H11BrClNO. The summed E-state index contributed by atoms with van der Waals surface area (Å²) in [6, 6.07) is 13.3. The third kappa shape index (κ3) is 3.28. The van der Waals surface area contributed by atoms with Gasteiger partial charge < -0.3 is 4.74 Å². The number of alkyl halides is 1. The molecular weight excluding hydrogens is 326 g/mol. The maximum absolute atomic E-state index is 9.15. The van der Waals surface area contributed by atoms with E-state index in [-0.39, 0.29) is 0 Å². The van der Waals surface area contributed by atoms with Gasteiger partial charge in [-0.05, 0) is 58.2 Å². The SMILES string of the molecule is Cc1ccc(Oc2ccc(CCl)cc2C#N)c(Br)c1. The van der Waals surface area contributed by atoms with Crippen LogP contribution in [0.4, 0.5) is 0 Å². The fourth-order valence-electron chi connectivity index (χ4n) is 1.64. The van der Waals surface area contributed by atoms with Gasteiger partial charge in [0.2, 0.25) is 0 Å². The molecule has 0 fully saturated rings. The van der Waals surface area contributed by atoms with Crippen LogP contribution in [0.1, 0.15) is 16.7 Å². The van der Waals surface area contributed by atoms with Crippen LogP contribution >= 0.6 is 27.5 Å². The van der Waals surface area contributed by atoms with E-state index in [9.17, 15) is 0 Å². The molecule has 0 amide bonds. The van der Waals surface area contributed by atoms with Gasteiger partial charge in [-0.2, -0.15) is 5.26 Å². The highest BCUT2D eigenvalue weighted by molar-refractivity contribution is 9.10. The highest BCUT2D eigenvalue weighted by atomic mass is 79.9. The predicted octanol–water partition coefficient (Wildman–Crippen LogP) is 5.16. The maximum Gasteiger partial charge on any atom is 0.145 e. The van der Waals surface area contributed by atoms with Crippen LogP contribution in [0.3, 0.4) is 0 Å². The normalized spacial score (nSPS) is 10.0. The second-order valence-corrected chi connectivity index (χ2v) is 5.23. The van der Waals surface area contributed by atoms with Crippen molar-refractivity contribution in [2.45, 2.75) is 12.8 Å². The van der Waals surface area contributed by atoms with Crippen molar-refractivity contribution >= 4 is 27.5 Å². The Hall–Kier alpha value is -1.50. The van der Waals surface area contributed by atoms with Crippen molar-refractivity contribution in [1.82, 2.24) is 0 Å². The van der Waals surface area contributed by atoms with Gasteiger partial charge in [-0.25, -0.2) is 0 Å². The third-order valence-corrected chi connectivity index (χ3v) is 3.55. The Kier molecular flexibility index (Phi) is 4.47. The number of benzene rings is 2. The fraction of sp³-hybridized carbons (Fsp3) is 0.133. The molecule has 0 aliphatic rings. The number of aryl methyl sites for hydroxylation is 1. The first-order chi connectivity index (χ1) is 9.13. The summed E-state index contributed by atoms with van der Waals surface area (Å²) in [5.74, 6) is 1.59. The van der Waals surface area contributed by atoms with Gasteiger partial charge in [0.15, 0.2) is 0 Å². The van der Waals surface area contributed by atoms with Gasteiger partial charge in [0.05, 0.1) is 10.0 Å². The lowest BCUT2D eigenvalue weighted by molar-refractivity contribution is 0.478. The van der Waals surface area contributed by atoms with Gasteiger partial charge in [-0.15, -0.1) is 11.6 Å². The number of nitrogens with zero attached hydrogens (tertiary/aromatic N) is 1. The minimum absolute atomic E-state index is 0.378. The van der Waals surface area contributed by atoms with E-state index in [2.05, 4.69) is 22.0 Å². The first kappa shape index (κ1) is 13.9. The largest absolute Gasteiger partial charge is 0.455 e. The molecule has 0 heterocycles. The van der Waals surface area contributed by atoms with Crippen molar-refractivity contribution in [3.8, 4) is 17.6 Å². The van der Waals surface area contributed by atoms with E-state index in [0.29, 0.717) is 22.9 Å². The zero-order chi connectivity index (χ0) is 13.8. The zero-order valence-electron chi connectivity index (χ0n) is 10.3. The van der Waals surface area contributed by atoms with Gasteiger partial charge in [0.25, 0.3) is 0 Å². The van der Waals surface area contributed by atoms with Gasteiger partial charge in [-0.1, -0.05) is 12.1 Å². The molecule has 2 aromatic carbocycles. The summed E-state index contributed by atoms with van der Waals surface area (Å²) >= 11 is 9.20. The zero-order valence-corrected chi connectivity index (χ0v) is 12.6. The molecule has 0 aliphatic heterocycles. The Morgan fingerprint density at radius 3 is 2.58 bits per heavy atom. The Labute approximate surface area is 125 Å². The van der Waals surface area contributed by atoms with Crippen molar-refractivity contribution in [2.24, 2.45) is 0 Å². The number of rotatable bonds is 3. The topological polar surface area (TPSA) is 33.0 Å². The lowest BCUT2D eigenvalue weighted by atomic mass is 10.1. The van der Waals surface area contributed by atoms with E-state index in [1.807, 2.05) is 31.2 Å². The minimum Gasteiger partial charge on any atom is -0.455 e. The minimum atomic E-state index is 0.378. The van der Waals surface area contributed by atoms with Crippen LogP contribution in [-0.2, 0) is 5.88 Å². The van der Waals surface area contributed by atoms with Gasteiger partial charge in [0, 0.05) is 5.88 Å². The molecule has 0 N–H and O–H groups in total. The van der Waals surface area contributed by atoms with Crippen molar-refractivity contribution in [1.29, 1.82) is 5.26 Å². The second-order valence-electron chi connectivity index (χ2n) is 4.11. The Balaban J connectivity index is 2.35. The lowest BCUT2D eigenvalue weighted by Crippen LogP contribution is -1.91. The van der Waals surface area contributed by atoms with E-state index < -0.39 is 0 Å². The molecule has 0 aliphatic carbocycles. The predicted molar refractivity (Wildman–Crippen MR) is 79.7 cm³/mol. The van der Waals surface area contributed by atoms with Crippen LogP contribution in [0.5, 0.6) is 11.5 Å². The number of nitriles is 1. The molecule has 0 atom stereocenters. The molecule has 2 rings (SSSR count). The molecule has 0 radical (unpaired) electrons. The Morgan fingerprint density at radius 2 is 1.95 bits per heavy atom. The van der Waals surface area contributed by atoms with Crippen LogP contribution in [0.2, 0.25) is 0 Å². The van der Waals surface area contributed by atoms with E-state index in [1.165, 1.54) is 0 Å². The van der Waals surface area contributed by atoms with Crippen LogP contribution in [0.15, 0.2) is 40.9 Å². The van der Waals surface area contributed by atoms with E-state index >= 15 is 0 Å². The summed E-state index contributed by atoms with van der Waals surface area (Å²) in [6.45, 7) is 2.00. The molecule has 4 heteroatoms. The van der Waals surface area contributed by atoms with Crippen molar-refractivity contribution in [3.63, 3.8) is 0 Å². The Bertz CT molecular complexity index is 649. The molecule has 0 spiro atoms. The van der Waals surface area contributed by atoms with Crippen molar-refractivity contribution in [3.05, 3.63) is 57.6 Å². The smallest absolute Gasteiger partial charge is 0.145 e. The molecule has 2 nitrogen and oxygen atoms in total. The number of hydrogen-bond donors (Lipinski definition) is 0. The molecule has 0 aromatic heterocycles. The van der Waals surface area contributed by atoms with E-state index in [4.69, 9.17) is 21.6 Å². The quantitative estimate of drug-likeness (QED) is 0.725. The Morgan fingerprint density at radius 1 is 1.21 bits per heavy atom. The van der Waals surface area contributed by atoms with Crippen molar-refractivity contribution in [2.75, 3.05) is 0 Å². The summed E-state index contributed by atoms with van der Waals surface area (Å²) in [5, 5.41) is 9.15. The number of ether oxygens (including phenoxy) is 1. The number of hydrogen-bond acceptors (Lipinski definition) is 2. The summed E-state index contributed by atoms with van der Waals surface area (Å²) < 4.78 is 6.63. The first-order valence-electron chi connectivity index (χ1n) is 5.67. The number of halogens is 2. The molecule has 96 valence electrons. The summed E-state index contributed by atoms with van der Waals surface area (Å²) in [4.78, 5) is 0. The van der Waals surface area contributed by atoms with Gasteiger partial charge in [0.1, 0.15) is 17.6 Å². The maximum atomic E-state index is 9.15. The third-order valence-electron chi connectivity index (χ3n) is 2.63. The van der Waals surface area contributed by atoms with Crippen LogP contribution in [0, 0.1) is 18.3 Å². The molecule has 19 heavy (non-hydrogen) atoms. The highest BCUT2D eigenvalue weighted by Gasteiger charge is 2.08. The monoisotopic (exact) mass is 335 g/mol. The molecule has 0 unspecified atom stereocenters. The van der Waals surface area contributed by atoms with Crippen LogP contribution < -0.4 is 4.74 Å². The molecule has 0 saturated heterocycles. The highest BCUT2D eigenvalue weighted by Crippen LogP contribution is 2.32. The summed E-state index contributed by atoms with van der Waals surface area (Å²) in [6.07, 6.45) is 0. The van der Waals surface area contributed by atoms with Gasteiger partial charge in [-0.3, -0.25) is 0 Å². The average Bonchev–Trinajstić information content (AvgIpc) is 2.42. The van der Waals surface area contributed by atoms with E-state index in [0.717, 1.165) is 15.6 Å². The second kappa shape index (κ2) is 6.10. The molecule has 0 bridgehead atoms. The average molecular weight is 337 g/mol. The summed E-state index contributed by atoms with van der Waals surface area (Å²) in [7, 11) is 0.